The molecular formula is C18H31N2+. The normalized spacial score (nSPS) is 18.2. The first kappa shape index (κ1) is 15.3. The van der Waals surface area contributed by atoms with Crippen LogP contribution in [0, 0.1) is 5.92 Å². The maximum absolute atomic E-state index is 2.54. The molecule has 2 heteroatoms. The van der Waals surface area contributed by atoms with E-state index in [-0.39, 0.29) is 0 Å². The minimum atomic E-state index is 0.672. The van der Waals surface area contributed by atoms with Crippen molar-refractivity contribution in [3.05, 3.63) is 24.5 Å². The van der Waals surface area contributed by atoms with Crippen LogP contribution in [0.1, 0.15) is 65.3 Å². The number of hydrogen-bond acceptors (Lipinski definition) is 1. The lowest BCUT2D eigenvalue weighted by atomic mass is 9.99. The SMILES string of the molecule is CCCCC(CC)[n+]1ccc(N2CCC(C)CC2)cc1. The van der Waals surface area contributed by atoms with Crippen molar-refractivity contribution in [2.24, 2.45) is 5.92 Å². The van der Waals surface area contributed by atoms with Crippen molar-refractivity contribution >= 4 is 5.69 Å². The third kappa shape index (κ3) is 3.97. The second-order valence-corrected chi connectivity index (χ2v) is 6.38. The average molecular weight is 275 g/mol. The van der Waals surface area contributed by atoms with Crippen LogP contribution in [-0.4, -0.2) is 13.1 Å². The summed E-state index contributed by atoms with van der Waals surface area (Å²) in [7, 11) is 0. The van der Waals surface area contributed by atoms with Crippen molar-refractivity contribution < 1.29 is 4.57 Å². The third-order valence-corrected chi connectivity index (χ3v) is 4.77. The molecule has 1 aliphatic rings. The Morgan fingerprint density at radius 3 is 2.40 bits per heavy atom. The molecule has 0 N–H and O–H groups in total. The van der Waals surface area contributed by atoms with Crippen LogP contribution in [-0.2, 0) is 0 Å². The fourth-order valence-corrected chi connectivity index (χ4v) is 3.15. The number of aromatic nitrogens is 1. The van der Waals surface area contributed by atoms with E-state index in [1.807, 2.05) is 0 Å². The first-order valence-electron chi connectivity index (χ1n) is 8.50. The number of rotatable bonds is 6. The first-order valence-corrected chi connectivity index (χ1v) is 8.50. The summed E-state index contributed by atoms with van der Waals surface area (Å²) in [6.07, 6.45) is 12.4. The zero-order valence-electron chi connectivity index (χ0n) is 13.5. The molecule has 0 radical (unpaired) electrons. The topological polar surface area (TPSA) is 7.12 Å². The van der Waals surface area contributed by atoms with Gasteiger partial charge in [0.2, 0.25) is 0 Å². The highest BCUT2D eigenvalue weighted by molar-refractivity contribution is 5.44. The predicted octanol–water partition coefficient (Wildman–Crippen LogP) is 4.35. The summed E-state index contributed by atoms with van der Waals surface area (Å²) < 4.78 is 2.41. The number of unbranched alkanes of at least 4 members (excludes halogenated alkanes) is 1. The van der Waals surface area contributed by atoms with Crippen molar-refractivity contribution in [2.45, 2.75) is 65.3 Å². The number of nitrogens with zero attached hydrogens (tertiary/aromatic N) is 2. The van der Waals surface area contributed by atoms with Gasteiger partial charge in [-0.1, -0.05) is 27.2 Å². The minimum Gasteiger partial charge on any atom is -0.371 e. The summed E-state index contributed by atoms with van der Waals surface area (Å²) in [4.78, 5) is 2.54. The van der Waals surface area contributed by atoms with Crippen molar-refractivity contribution in [3.63, 3.8) is 0 Å². The van der Waals surface area contributed by atoms with Crippen LogP contribution < -0.4 is 9.47 Å². The molecule has 2 rings (SSSR count). The highest BCUT2D eigenvalue weighted by Gasteiger charge is 2.19. The van der Waals surface area contributed by atoms with Crippen LogP contribution in [0.4, 0.5) is 5.69 Å². The summed E-state index contributed by atoms with van der Waals surface area (Å²) in [5.74, 6) is 0.901. The molecule has 1 fully saturated rings. The van der Waals surface area contributed by atoms with Gasteiger partial charge in [-0.15, -0.1) is 0 Å². The fourth-order valence-electron chi connectivity index (χ4n) is 3.15. The maximum Gasteiger partial charge on any atom is 0.171 e. The summed E-state index contributed by atoms with van der Waals surface area (Å²) >= 11 is 0. The number of hydrogen-bond donors (Lipinski definition) is 0. The lowest BCUT2D eigenvalue weighted by Crippen LogP contribution is -2.39. The van der Waals surface area contributed by atoms with Crippen molar-refractivity contribution in [1.82, 2.24) is 0 Å². The standard InChI is InChI=1S/C18H31N2/c1-4-6-7-17(5-2)19-14-10-18(11-15-19)20-12-8-16(3)9-13-20/h10-11,14-17H,4-9,12-13H2,1-3H3/q+1. The second kappa shape index (κ2) is 7.66. The van der Waals surface area contributed by atoms with E-state index >= 15 is 0 Å². The van der Waals surface area contributed by atoms with Gasteiger partial charge in [0.25, 0.3) is 0 Å². The van der Waals surface area contributed by atoms with Gasteiger partial charge in [-0.25, -0.2) is 4.57 Å². The molecule has 2 heterocycles. The molecule has 0 saturated carbocycles. The number of anilines is 1. The van der Waals surface area contributed by atoms with Crippen LogP contribution in [0.15, 0.2) is 24.5 Å². The van der Waals surface area contributed by atoms with Gasteiger partial charge < -0.3 is 4.90 Å². The second-order valence-electron chi connectivity index (χ2n) is 6.38. The zero-order chi connectivity index (χ0) is 14.4. The van der Waals surface area contributed by atoms with E-state index in [1.54, 1.807) is 0 Å². The Kier molecular flexibility index (Phi) is 5.87. The predicted molar refractivity (Wildman–Crippen MR) is 86.1 cm³/mol. The molecule has 1 saturated heterocycles. The highest BCUT2D eigenvalue weighted by Crippen LogP contribution is 2.22. The molecule has 112 valence electrons. The van der Waals surface area contributed by atoms with Gasteiger partial charge in [0, 0.05) is 43.8 Å². The van der Waals surface area contributed by atoms with Crippen LogP contribution in [0.25, 0.3) is 0 Å². The molecule has 1 unspecified atom stereocenters. The molecule has 0 aliphatic carbocycles. The smallest absolute Gasteiger partial charge is 0.171 e. The molecule has 1 aliphatic heterocycles. The van der Waals surface area contributed by atoms with Gasteiger partial charge >= 0.3 is 0 Å². The Hall–Kier alpha value is -1.05. The molecule has 2 nitrogen and oxygen atoms in total. The first-order chi connectivity index (χ1) is 9.74. The Bertz CT molecular complexity index is 353. The molecule has 20 heavy (non-hydrogen) atoms. The Morgan fingerprint density at radius 2 is 1.85 bits per heavy atom. The zero-order valence-corrected chi connectivity index (χ0v) is 13.5. The molecule has 1 aromatic heterocycles. The van der Waals surface area contributed by atoms with E-state index < -0.39 is 0 Å². The van der Waals surface area contributed by atoms with Gasteiger partial charge in [-0.3, -0.25) is 0 Å². The summed E-state index contributed by atoms with van der Waals surface area (Å²) in [6.45, 7) is 9.39. The van der Waals surface area contributed by atoms with Crippen LogP contribution in [0.5, 0.6) is 0 Å². The summed E-state index contributed by atoms with van der Waals surface area (Å²) in [6, 6.07) is 5.29. The van der Waals surface area contributed by atoms with E-state index in [9.17, 15) is 0 Å². The molecule has 1 atom stereocenters. The molecule has 1 aromatic rings. The average Bonchev–Trinajstić information content (AvgIpc) is 2.49. The third-order valence-electron chi connectivity index (χ3n) is 4.77. The van der Waals surface area contributed by atoms with E-state index in [2.05, 4.69) is 54.8 Å². The number of piperidine rings is 1. The lowest BCUT2D eigenvalue weighted by Gasteiger charge is -2.31. The molecule has 0 amide bonds. The van der Waals surface area contributed by atoms with Crippen molar-refractivity contribution in [2.75, 3.05) is 18.0 Å². The minimum absolute atomic E-state index is 0.672. The quantitative estimate of drug-likeness (QED) is 0.700. The van der Waals surface area contributed by atoms with E-state index in [0.29, 0.717) is 6.04 Å². The monoisotopic (exact) mass is 275 g/mol. The Balaban J connectivity index is 1.98. The molecule has 0 bridgehead atoms. The van der Waals surface area contributed by atoms with Crippen LogP contribution >= 0.6 is 0 Å². The summed E-state index contributed by atoms with van der Waals surface area (Å²) in [5.41, 5.74) is 1.40. The molecule has 0 aromatic carbocycles. The summed E-state index contributed by atoms with van der Waals surface area (Å²) in [5, 5.41) is 0. The lowest BCUT2D eigenvalue weighted by molar-refractivity contribution is -0.724. The maximum atomic E-state index is 2.54. The van der Waals surface area contributed by atoms with Gasteiger partial charge in [0.1, 0.15) is 0 Å². The van der Waals surface area contributed by atoms with Crippen molar-refractivity contribution in [1.29, 1.82) is 0 Å². The molecule has 0 spiro atoms. The van der Waals surface area contributed by atoms with E-state index in [1.165, 1.54) is 57.3 Å². The largest absolute Gasteiger partial charge is 0.371 e. The van der Waals surface area contributed by atoms with E-state index in [0.717, 1.165) is 5.92 Å². The number of pyridine rings is 1. The van der Waals surface area contributed by atoms with Crippen LogP contribution in [0.3, 0.4) is 0 Å². The molecular weight excluding hydrogens is 244 g/mol. The Labute approximate surface area is 124 Å². The van der Waals surface area contributed by atoms with Crippen LogP contribution in [0.2, 0.25) is 0 Å². The van der Waals surface area contributed by atoms with Crippen molar-refractivity contribution in [3.8, 4) is 0 Å². The highest BCUT2D eigenvalue weighted by atomic mass is 15.1. The Morgan fingerprint density at radius 1 is 1.20 bits per heavy atom. The van der Waals surface area contributed by atoms with Gasteiger partial charge in [0.05, 0.1) is 0 Å². The van der Waals surface area contributed by atoms with E-state index in [4.69, 9.17) is 0 Å². The van der Waals surface area contributed by atoms with Gasteiger partial charge in [0.15, 0.2) is 18.4 Å². The van der Waals surface area contributed by atoms with Gasteiger partial charge in [-0.2, -0.15) is 0 Å². The van der Waals surface area contributed by atoms with Gasteiger partial charge in [-0.05, 0) is 25.2 Å². The fraction of sp³-hybridized carbons (Fsp3) is 0.722.